The molecule has 14 heteroatoms. The molecule has 2 aromatic heterocycles. The number of ether oxygens (including phenoxy) is 1. The minimum Gasteiger partial charge on any atom is -0.382 e. The Bertz CT molecular complexity index is 670. The third-order valence-electron chi connectivity index (χ3n) is 2.61. The molecule has 0 aromatic carbocycles. The van der Waals surface area contributed by atoms with Crippen molar-refractivity contribution in [1.29, 1.82) is 0 Å². The van der Waals surface area contributed by atoms with E-state index in [-0.39, 0.29) is 12.8 Å². The monoisotopic (exact) mass is 366 g/mol. The van der Waals surface area contributed by atoms with Crippen LogP contribution in [0.5, 0.6) is 0 Å². The molecule has 0 saturated heterocycles. The molecule has 0 aliphatic carbocycles. The van der Waals surface area contributed by atoms with Crippen molar-refractivity contribution in [3.63, 3.8) is 0 Å². The first-order valence-electron chi connectivity index (χ1n) is 6.29. The third-order valence-corrected chi connectivity index (χ3v) is 4.10. The van der Waals surface area contributed by atoms with Crippen molar-refractivity contribution < 1.29 is 16.9 Å². The zero-order valence-electron chi connectivity index (χ0n) is 12.2. The van der Waals surface area contributed by atoms with Gasteiger partial charge in [-0.2, -0.15) is 13.4 Å². The second-order valence-corrected chi connectivity index (χ2v) is 6.18. The van der Waals surface area contributed by atoms with E-state index in [1.807, 2.05) is 6.92 Å². The lowest BCUT2D eigenvalue weighted by Crippen LogP contribution is -2.26. The van der Waals surface area contributed by atoms with Gasteiger partial charge in [-0.05, 0) is 6.92 Å². The summed E-state index contributed by atoms with van der Waals surface area (Å²) < 4.78 is 27.2. The van der Waals surface area contributed by atoms with Gasteiger partial charge < -0.3 is 15.0 Å². The van der Waals surface area contributed by atoms with E-state index in [1.54, 1.807) is 10.9 Å². The van der Waals surface area contributed by atoms with E-state index in [0.29, 0.717) is 23.5 Å². The highest BCUT2D eigenvalue weighted by atomic mass is 32.3. The molecule has 0 radical (unpaired) electrons. The van der Waals surface area contributed by atoms with Crippen molar-refractivity contribution in [3.8, 4) is 0 Å². The van der Waals surface area contributed by atoms with Crippen molar-refractivity contribution in [3.05, 3.63) is 12.7 Å². The van der Waals surface area contributed by atoms with Crippen molar-refractivity contribution in [2.75, 3.05) is 12.5 Å². The van der Waals surface area contributed by atoms with Crippen LogP contribution in [-0.2, 0) is 30.5 Å². The topological polar surface area (TPSA) is 178 Å². The van der Waals surface area contributed by atoms with Crippen LogP contribution in [0.2, 0.25) is 0 Å². The molecule has 7 N–H and O–H groups in total. The maximum Gasteiger partial charge on any atom is 0.252 e. The number of imidazole rings is 1. The van der Waals surface area contributed by atoms with Gasteiger partial charge in [-0.1, -0.05) is 0 Å². The number of thiol groups is 1. The van der Waals surface area contributed by atoms with Crippen molar-refractivity contribution in [2.24, 2.45) is 10.3 Å². The number of anilines is 1. The lowest BCUT2D eigenvalue weighted by atomic mass is 10.4. The van der Waals surface area contributed by atoms with Gasteiger partial charge in [0.1, 0.15) is 18.6 Å². The molecule has 0 amide bonds. The zero-order valence-corrected chi connectivity index (χ0v) is 13.9. The minimum absolute atomic E-state index is 0.0432. The molecule has 12 nitrogen and oxygen atoms in total. The van der Waals surface area contributed by atoms with Crippen molar-refractivity contribution >= 4 is 39.9 Å². The average molecular weight is 366 g/mol. The summed E-state index contributed by atoms with van der Waals surface area (Å²) in [6.45, 7) is 2.39. The number of rotatable bonds is 9. The Kier molecular flexibility index (Phi) is 6.60. The Morgan fingerprint density at radius 1 is 1.48 bits per heavy atom. The summed E-state index contributed by atoms with van der Waals surface area (Å²) >= 11 is -3.86. The number of nitrogen functional groups attached to an aromatic ring is 1. The standard InChI is InChI=1S/C9H18N8O4S2/c1-6(19-5-16-20-23(12)21-22(11)18)2-17-4-15-7-8(10)13-3-14-9(7)17/h3-4,6,16,23H,2,5,11-12H2,1H3,(H2,10,13,14)/t6-,22?/m1/s1. The summed E-state index contributed by atoms with van der Waals surface area (Å²) in [5.41, 5.74) is 9.34. The minimum atomic E-state index is -1.98. The summed E-state index contributed by atoms with van der Waals surface area (Å²) in [5, 5.41) is 10.3. The molecule has 0 aliphatic heterocycles. The van der Waals surface area contributed by atoms with Crippen LogP contribution in [0, 0.1) is 0 Å². The lowest BCUT2D eigenvalue weighted by molar-refractivity contribution is -0.00425. The predicted molar refractivity (Wildman–Crippen MR) is 86.0 cm³/mol. The largest absolute Gasteiger partial charge is 0.382 e. The van der Waals surface area contributed by atoms with E-state index >= 15 is 0 Å². The number of fused-ring (bicyclic) bond motifs is 1. The number of nitrogens with one attached hydrogen (secondary N) is 1. The van der Waals surface area contributed by atoms with E-state index in [9.17, 15) is 4.21 Å². The van der Waals surface area contributed by atoms with Gasteiger partial charge in [0.05, 0.1) is 19.0 Å². The van der Waals surface area contributed by atoms with Crippen LogP contribution in [-0.4, -0.2) is 36.6 Å². The second kappa shape index (κ2) is 8.46. The van der Waals surface area contributed by atoms with Crippen LogP contribution < -0.4 is 21.5 Å². The SMILES string of the molecule is C[C@H](Cn1cnc2c(N)ncnc21)OCNO[SH](N)OS(N)=O. The first-order chi connectivity index (χ1) is 11.0. The van der Waals surface area contributed by atoms with Crippen LogP contribution in [0.3, 0.4) is 0 Å². The lowest BCUT2D eigenvalue weighted by Gasteiger charge is -2.18. The number of aromatic nitrogens is 4. The summed E-state index contributed by atoms with van der Waals surface area (Å²) in [4.78, 5) is 12.2. The first-order valence-corrected chi connectivity index (χ1v) is 8.68. The van der Waals surface area contributed by atoms with Crippen LogP contribution >= 0.6 is 11.6 Å². The molecule has 2 heterocycles. The van der Waals surface area contributed by atoms with Crippen LogP contribution in [0.4, 0.5) is 5.82 Å². The summed E-state index contributed by atoms with van der Waals surface area (Å²) in [5.74, 6) is 0.325. The van der Waals surface area contributed by atoms with Gasteiger partial charge in [-0.3, -0.25) is 0 Å². The van der Waals surface area contributed by atoms with Gasteiger partial charge in [0, 0.05) is 0 Å². The highest BCUT2D eigenvalue weighted by molar-refractivity contribution is 8.11. The predicted octanol–water partition coefficient (Wildman–Crippen LogP) is -1.45. The second-order valence-electron chi connectivity index (χ2n) is 4.31. The van der Waals surface area contributed by atoms with Gasteiger partial charge in [-0.15, -0.1) is 11.6 Å². The Balaban J connectivity index is 1.77. The molecule has 0 bridgehead atoms. The molecule has 0 spiro atoms. The Labute approximate surface area is 137 Å². The maximum absolute atomic E-state index is 10.5. The van der Waals surface area contributed by atoms with Gasteiger partial charge in [0.15, 0.2) is 11.5 Å². The molecule has 2 aromatic rings. The van der Waals surface area contributed by atoms with Crippen LogP contribution in [0.15, 0.2) is 12.7 Å². The first kappa shape index (κ1) is 18.0. The Hall–Kier alpha value is -1.39. The third kappa shape index (κ3) is 5.33. The van der Waals surface area contributed by atoms with E-state index in [4.69, 9.17) is 25.0 Å². The highest BCUT2D eigenvalue weighted by Gasteiger charge is 2.11. The molecule has 130 valence electrons. The van der Waals surface area contributed by atoms with Gasteiger partial charge in [-0.25, -0.2) is 29.4 Å². The van der Waals surface area contributed by atoms with E-state index in [1.165, 1.54) is 6.33 Å². The molecular weight excluding hydrogens is 348 g/mol. The molecular formula is C9H18N8O4S2. The number of hydroxylamine groups is 1. The van der Waals surface area contributed by atoms with Gasteiger partial charge in [0.2, 0.25) is 0 Å². The molecule has 2 unspecified atom stereocenters. The van der Waals surface area contributed by atoms with Crippen molar-refractivity contribution in [2.45, 2.75) is 19.6 Å². The fraction of sp³-hybridized carbons (Fsp3) is 0.444. The fourth-order valence-electron chi connectivity index (χ4n) is 1.72. The summed E-state index contributed by atoms with van der Waals surface area (Å²) in [6.07, 6.45) is 2.80. The molecule has 0 aliphatic rings. The van der Waals surface area contributed by atoms with Gasteiger partial charge >= 0.3 is 0 Å². The molecule has 0 saturated carbocycles. The molecule has 2 rings (SSSR count). The zero-order chi connectivity index (χ0) is 16.8. The number of hydrogen-bond acceptors (Lipinski definition) is 10. The van der Waals surface area contributed by atoms with E-state index < -0.39 is 22.9 Å². The van der Waals surface area contributed by atoms with Crippen LogP contribution in [0.1, 0.15) is 6.92 Å². The normalized spacial score (nSPS) is 16.4. The molecule has 23 heavy (non-hydrogen) atoms. The Morgan fingerprint density at radius 3 is 3.00 bits per heavy atom. The number of hydrogen-bond donors (Lipinski definition) is 5. The van der Waals surface area contributed by atoms with Gasteiger partial charge in [0.25, 0.3) is 11.3 Å². The van der Waals surface area contributed by atoms with Crippen LogP contribution in [0.25, 0.3) is 11.2 Å². The van der Waals surface area contributed by atoms with E-state index in [2.05, 4.69) is 24.1 Å². The highest BCUT2D eigenvalue weighted by Crippen LogP contribution is 2.16. The average Bonchev–Trinajstić information content (AvgIpc) is 2.87. The number of nitrogens with zero attached hydrogens (tertiary/aromatic N) is 4. The maximum atomic E-state index is 10.5. The number of nitrogens with two attached hydrogens (primary N) is 3. The molecule has 0 fully saturated rings. The summed E-state index contributed by atoms with van der Waals surface area (Å²) in [7, 11) is 0. The van der Waals surface area contributed by atoms with E-state index in [0.717, 1.165) is 0 Å². The molecule has 3 atom stereocenters. The summed E-state index contributed by atoms with van der Waals surface area (Å²) in [6, 6.07) is 0. The van der Waals surface area contributed by atoms with Crippen molar-refractivity contribution in [1.82, 2.24) is 25.0 Å². The Morgan fingerprint density at radius 2 is 2.26 bits per heavy atom. The fourth-order valence-corrected chi connectivity index (χ4v) is 2.60. The smallest absolute Gasteiger partial charge is 0.252 e. The quantitative estimate of drug-likeness (QED) is 0.152.